The number of amides is 1. The van der Waals surface area contributed by atoms with Crippen LogP contribution in [0.15, 0.2) is 48.5 Å². The summed E-state index contributed by atoms with van der Waals surface area (Å²) in [7, 11) is 0. The Balaban J connectivity index is 2.21. The average molecular weight is 318 g/mol. The van der Waals surface area contributed by atoms with Gasteiger partial charge >= 0.3 is 0 Å². The molecule has 0 aliphatic rings. The van der Waals surface area contributed by atoms with E-state index in [1.165, 1.54) is 5.56 Å². The summed E-state index contributed by atoms with van der Waals surface area (Å²) in [4.78, 5) is 17.4. The maximum atomic E-state index is 12.7. The normalized spacial score (nSPS) is 11.0. The fourth-order valence-corrected chi connectivity index (χ4v) is 2.94. The average Bonchev–Trinajstić information content (AvgIpc) is 2.53. The van der Waals surface area contributed by atoms with E-state index < -0.39 is 0 Å². The number of para-hydroxylation sites is 1. The zero-order chi connectivity index (χ0) is 17.3. The van der Waals surface area contributed by atoms with Crippen molar-refractivity contribution in [2.24, 2.45) is 0 Å². The molecule has 24 heavy (non-hydrogen) atoms. The van der Waals surface area contributed by atoms with Gasteiger partial charge < -0.3 is 5.32 Å². The minimum atomic E-state index is -0.0605. The monoisotopic (exact) mass is 318 g/mol. The molecular formula is C21H22N2O. The second-order valence-electron chi connectivity index (χ2n) is 6.52. The molecular weight excluding hydrogens is 296 g/mol. The Morgan fingerprint density at radius 1 is 1.04 bits per heavy atom. The topological polar surface area (TPSA) is 42.0 Å². The second kappa shape index (κ2) is 6.44. The summed E-state index contributed by atoms with van der Waals surface area (Å²) in [6.07, 6.45) is 0. The van der Waals surface area contributed by atoms with Crippen LogP contribution in [0, 0.1) is 13.8 Å². The molecule has 0 fully saturated rings. The molecule has 3 rings (SSSR count). The fourth-order valence-electron chi connectivity index (χ4n) is 2.94. The number of benzene rings is 2. The molecule has 0 radical (unpaired) electrons. The Morgan fingerprint density at radius 2 is 1.79 bits per heavy atom. The van der Waals surface area contributed by atoms with Crippen LogP contribution in [0.1, 0.15) is 35.3 Å². The third-order valence-electron chi connectivity index (χ3n) is 4.04. The van der Waals surface area contributed by atoms with Gasteiger partial charge in [0.1, 0.15) is 0 Å². The van der Waals surface area contributed by atoms with Crippen molar-refractivity contribution in [2.45, 2.75) is 33.7 Å². The molecule has 0 saturated carbocycles. The van der Waals surface area contributed by atoms with E-state index in [0.717, 1.165) is 27.7 Å². The standard InChI is InChI=1S/C21H22N2O/c1-13(2)22-21(24)18-12-20(16-10-9-14(3)11-15(16)4)23-19-8-6-5-7-17(18)19/h5-13H,1-4H3,(H,22,24). The van der Waals surface area contributed by atoms with Gasteiger partial charge in [0.15, 0.2) is 0 Å². The van der Waals surface area contributed by atoms with E-state index in [9.17, 15) is 4.79 Å². The van der Waals surface area contributed by atoms with Crippen molar-refractivity contribution in [1.82, 2.24) is 10.3 Å². The van der Waals surface area contributed by atoms with Crippen molar-refractivity contribution in [3.05, 3.63) is 65.2 Å². The molecule has 3 aromatic rings. The predicted octanol–water partition coefficient (Wildman–Crippen LogP) is 4.66. The number of fused-ring (bicyclic) bond motifs is 1. The summed E-state index contributed by atoms with van der Waals surface area (Å²) in [6.45, 7) is 8.08. The largest absolute Gasteiger partial charge is 0.350 e. The second-order valence-corrected chi connectivity index (χ2v) is 6.52. The zero-order valence-corrected chi connectivity index (χ0v) is 14.6. The highest BCUT2D eigenvalue weighted by Crippen LogP contribution is 2.27. The van der Waals surface area contributed by atoms with Crippen LogP contribution in [0.5, 0.6) is 0 Å². The molecule has 0 aliphatic heterocycles. The number of rotatable bonds is 3. The van der Waals surface area contributed by atoms with E-state index in [4.69, 9.17) is 4.98 Å². The van der Waals surface area contributed by atoms with Crippen LogP contribution in [0.4, 0.5) is 0 Å². The van der Waals surface area contributed by atoms with Crippen LogP contribution >= 0.6 is 0 Å². The number of aromatic nitrogens is 1. The van der Waals surface area contributed by atoms with Crippen molar-refractivity contribution >= 4 is 16.8 Å². The molecule has 0 spiro atoms. The van der Waals surface area contributed by atoms with Crippen molar-refractivity contribution in [3.8, 4) is 11.3 Å². The maximum Gasteiger partial charge on any atom is 0.252 e. The Morgan fingerprint density at radius 3 is 2.50 bits per heavy atom. The number of nitrogens with zero attached hydrogens (tertiary/aromatic N) is 1. The van der Waals surface area contributed by atoms with Gasteiger partial charge in [0.05, 0.1) is 16.8 Å². The quantitative estimate of drug-likeness (QED) is 0.763. The third-order valence-corrected chi connectivity index (χ3v) is 4.04. The molecule has 1 aromatic heterocycles. The molecule has 0 bridgehead atoms. The molecule has 0 atom stereocenters. The highest BCUT2D eigenvalue weighted by molar-refractivity contribution is 6.07. The van der Waals surface area contributed by atoms with Crippen molar-refractivity contribution in [2.75, 3.05) is 0 Å². The van der Waals surface area contributed by atoms with Crippen LogP contribution in [0.25, 0.3) is 22.2 Å². The van der Waals surface area contributed by atoms with Gasteiger partial charge in [-0.25, -0.2) is 4.98 Å². The molecule has 3 nitrogen and oxygen atoms in total. The first-order chi connectivity index (χ1) is 11.5. The van der Waals surface area contributed by atoms with Gasteiger partial charge in [0.25, 0.3) is 5.91 Å². The number of hydrogen-bond acceptors (Lipinski definition) is 2. The lowest BCUT2D eigenvalue weighted by molar-refractivity contribution is 0.0945. The number of carbonyl (C=O) groups excluding carboxylic acids is 1. The molecule has 1 heterocycles. The first-order valence-electron chi connectivity index (χ1n) is 8.24. The highest BCUT2D eigenvalue weighted by Gasteiger charge is 2.15. The van der Waals surface area contributed by atoms with Crippen molar-refractivity contribution < 1.29 is 4.79 Å². The van der Waals surface area contributed by atoms with Crippen molar-refractivity contribution in [1.29, 1.82) is 0 Å². The van der Waals surface area contributed by atoms with Crippen LogP contribution < -0.4 is 5.32 Å². The minimum absolute atomic E-state index is 0.0605. The van der Waals surface area contributed by atoms with E-state index in [1.807, 2.05) is 44.2 Å². The molecule has 1 amide bonds. The molecule has 0 saturated heterocycles. The lowest BCUT2D eigenvalue weighted by Gasteiger charge is -2.13. The van der Waals surface area contributed by atoms with Crippen molar-refractivity contribution in [3.63, 3.8) is 0 Å². The molecule has 0 aliphatic carbocycles. The van der Waals surface area contributed by atoms with E-state index >= 15 is 0 Å². The minimum Gasteiger partial charge on any atom is -0.350 e. The summed E-state index contributed by atoms with van der Waals surface area (Å²) < 4.78 is 0. The Bertz CT molecular complexity index is 913. The van der Waals surface area contributed by atoms with E-state index in [1.54, 1.807) is 0 Å². The van der Waals surface area contributed by atoms with Crippen LogP contribution in [0.2, 0.25) is 0 Å². The number of pyridine rings is 1. The first kappa shape index (κ1) is 16.2. The molecule has 1 N–H and O–H groups in total. The van der Waals surface area contributed by atoms with Gasteiger partial charge in [-0.1, -0.05) is 42.0 Å². The summed E-state index contributed by atoms with van der Waals surface area (Å²) in [5.41, 5.74) is 5.78. The number of hydrogen-bond donors (Lipinski definition) is 1. The Labute approximate surface area is 142 Å². The first-order valence-corrected chi connectivity index (χ1v) is 8.24. The summed E-state index contributed by atoms with van der Waals surface area (Å²) in [5, 5.41) is 3.87. The molecule has 3 heteroatoms. The van der Waals surface area contributed by atoms with Gasteiger partial charge in [-0.2, -0.15) is 0 Å². The number of aryl methyl sites for hydroxylation is 2. The highest BCUT2D eigenvalue weighted by atomic mass is 16.1. The van der Waals surface area contributed by atoms with Crippen LogP contribution in [-0.4, -0.2) is 16.9 Å². The summed E-state index contributed by atoms with van der Waals surface area (Å²) in [6, 6.07) is 16.1. The smallest absolute Gasteiger partial charge is 0.252 e. The number of nitrogens with one attached hydrogen (secondary N) is 1. The van der Waals surface area contributed by atoms with Gasteiger partial charge in [-0.3, -0.25) is 4.79 Å². The van der Waals surface area contributed by atoms with E-state index in [2.05, 4.69) is 37.4 Å². The fraction of sp³-hybridized carbons (Fsp3) is 0.238. The molecule has 0 unspecified atom stereocenters. The zero-order valence-electron chi connectivity index (χ0n) is 14.6. The van der Waals surface area contributed by atoms with E-state index in [-0.39, 0.29) is 11.9 Å². The van der Waals surface area contributed by atoms with Gasteiger partial charge in [-0.05, 0) is 45.4 Å². The third kappa shape index (κ3) is 3.16. The SMILES string of the molecule is Cc1ccc(-c2cc(C(=O)NC(C)C)c3ccccc3n2)c(C)c1. The van der Waals surface area contributed by atoms with E-state index in [0.29, 0.717) is 5.56 Å². The summed E-state index contributed by atoms with van der Waals surface area (Å²) >= 11 is 0. The van der Waals surface area contributed by atoms with Gasteiger partial charge in [0, 0.05) is 17.0 Å². The maximum absolute atomic E-state index is 12.7. The molecule has 2 aromatic carbocycles. The lowest BCUT2D eigenvalue weighted by atomic mass is 9.99. The lowest BCUT2D eigenvalue weighted by Crippen LogP contribution is -2.30. The Hall–Kier alpha value is -2.68. The molecule has 122 valence electrons. The van der Waals surface area contributed by atoms with Crippen LogP contribution in [0.3, 0.4) is 0 Å². The number of carbonyl (C=O) groups is 1. The van der Waals surface area contributed by atoms with Gasteiger partial charge in [0.2, 0.25) is 0 Å². The predicted molar refractivity (Wildman–Crippen MR) is 99.3 cm³/mol. The summed E-state index contributed by atoms with van der Waals surface area (Å²) in [5.74, 6) is -0.0605. The Kier molecular flexibility index (Phi) is 4.34. The van der Waals surface area contributed by atoms with Gasteiger partial charge in [-0.15, -0.1) is 0 Å². The van der Waals surface area contributed by atoms with Crippen LogP contribution in [-0.2, 0) is 0 Å².